The van der Waals surface area contributed by atoms with Gasteiger partial charge in [-0.05, 0) is 38.0 Å². The standard InChI is InChI=1S/C22H31N3O6/c1-4-19(27)14-25(3)20(28)8-6-5-7-9-23-18-11-16(15(2)26)10-17(12-18)22(31)24-13-21(29)30/h10-12,23H,4-9,13-14H2,1-3H3,(H,24,31)(H,29,30). The van der Waals surface area contributed by atoms with Gasteiger partial charge in [0.25, 0.3) is 5.91 Å². The second kappa shape index (κ2) is 13.1. The van der Waals surface area contributed by atoms with E-state index >= 15 is 0 Å². The molecular formula is C22H31N3O6. The molecule has 9 nitrogen and oxygen atoms in total. The van der Waals surface area contributed by atoms with E-state index in [9.17, 15) is 24.0 Å². The van der Waals surface area contributed by atoms with E-state index in [1.54, 1.807) is 26.1 Å². The first kappa shape index (κ1) is 25.8. The SMILES string of the molecule is CCC(=O)CN(C)C(=O)CCCCCNc1cc(C(C)=O)cc(C(=O)NCC(=O)O)c1. The summed E-state index contributed by atoms with van der Waals surface area (Å²) in [5.41, 5.74) is 1.13. The molecule has 1 rings (SSSR count). The van der Waals surface area contributed by atoms with Gasteiger partial charge in [-0.15, -0.1) is 0 Å². The first-order valence-electron chi connectivity index (χ1n) is 10.3. The number of likely N-dealkylation sites (N-methyl/N-ethyl adjacent to an activating group) is 1. The van der Waals surface area contributed by atoms with Gasteiger partial charge in [0.2, 0.25) is 5.91 Å². The number of carboxylic acid groups (broad SMARTS) is 1. The quantitative estimate of drug-likeness (QED) is 0.302. The molecule has 0 saturated carbocycles. The van der Waals surface area contributed by atoms with Crippen LogP contribution in [-0.2, 0) is 14.4 Å². The summed E-state index contributed by atoms with van der Waals surface area (Å²) in [6, 6.07) is 4.63. The molecule has 0 aliphatic heterocycles. The lowest BCUT2D eigenvalue weighted by molar-refractivity contribution is -0.135. The zero-order chi connectivity index (χ0) is 23.4. The number of nitrogens with one attached hydrogen (secondary N) is 2. The lowest BCUT2D eigenvalue weighted by Gasteiger charge is -2.15. The molecule has 31 heavy (non-hydrogen) atoms. The van der Waals surface area contributed by atoms with Gasteiger partial charge in [0.1, 0.15) is 6.54 Å². The van der Waals surface area contributed by atoms with Gasteiger partial charge in [0.15, 0.2) is 11.6 Å². The summed E-state index contributed by atoms with van der Waals surface area (Å²) in [7, 11) is 1.63. The van der Waals surface area contributed by atoms with Crippen LogP contribution in [0.15, 0.2) is 18.2 Å². The number of amides is 2. The molecule has 0 fully saturated rings. The fourth-order valence-corrected chi connectivity index (χ4v) is 2.79. The van der Waals surface area contributed by atoms with Gasteiger partial charge >= 0.3 is 5.97 Å². The number of anilines is 1. The van der Waals surface area contributed by atoms with Crippen molar-refractivity contribution in [3.8, 4) is 0 Å². The Morgan fingerprint density at radius 1 is 1.00 bits per heavy atom. The fourth-order valence-electron chi connectivity index (χ4n) is 2.79. The third-order valence-electron chi connectivity index (χ3n) is 4.63. The van der Waals surface area contributed by atoms with E-state index in [1.165, 1.54) is 17.9 Å². The zero-order valence-electron chi connectivity index (χ0n) is 18.3. The number of carbonyl (C=O) groups is 5. The average Bonchev–Trinajstić information content (AvgIpc) is 2.73. The summed E-state index contributed by atoms with van der Waals surface area (Å²) in [6.07, 6.45) is 3.06. The number of carboxylic acids is 1. The number of ketones is 2. The highest BCUT2D eigenvalue weighted by molar-refractivity contribution is 6.01. The van der Waals surface area contributed by atoms with E-state index in [0.717, 1.165) is 12.8 Å². The summed E-state index contributed by atoms with van der Waals surface area (Å²) >= 11 is 0. The van der Waals surface area contributed by atoms with E-state index in [0.29, 0.717) is 37.1 Å². The third kappa shape index (κ3) is 9.88. The number of carbonyl (C=O) groups excluding carboxylic acids is 4. The predicted molar refractivity (Wildman–Crippen MR) is 116 cm³/mol. The van der Waals surface area contributed by atoms with Gasteiger partial charge in [-0.25, -0.2) is 0 Å². The van der Waals surface area contributed by atoms with Crippen molar-refractivity contribution >= 4 is 35.0 Å². The van der Waals surface area contributed by atoms with Crippen molar-refractivity contribution in [2.24, 2.45) is 0 Å². The molecular weight excluding hydrogens is 402 g/mol. The Morgan fingerprint density at radius 2 is 1.68 bits per heavy atom. The largest absolute Gasteiger partial charge is 0.480 e. The van der Waals surface area contributed by atoms with Gasteiger partial charge in [-0.3, -0.25) is 24.0 Å². The Bertz CT molecular complexity index is 821. The molecule has 0 radical (unpaired) electrons. The first-order valence-corrected chi connectivity index (χ1v) is 10.3. The number of aliphatic carboxylic acids is 1. The Morgan fingerprint density at radius 3 is 2.29 bits per heavy atom. The van der Waals surface area contributed by atoms with Crippen LogP contribution in [0.5, 0.6) is 0 Å². The summed E-state index contributed by atoms with van der Waals surface area (Å²) < 4.78 is 0. The van der Waals surface area contributed by atoms with Crippen LogP contribution in [0.1, 0.15) is 66.7 Å². The van der Waals surface area contributed by atoms with Crippen molar-refractivity contribution in [2.75, 3.05) is 32.0 Å². The lowest BCUT2D eigenvalue weighted by Crippen LogP contribution is -2.31. The highest BCUT2D eigenvalue weighted by Crippen LogP contribution is 2.16. The molecule has 0 bridgehead atoms. The monoisotopic (exact) mass is 433 g/mol. The molecule has 0 spiro atoms. The zero-order valence-corrected chi connectivity index (χ0v) is 18.3. The minimum atomic E-state index is -1.16. The number of rotatable bonds is 14. The summed E-state index contributed by atoms with van der Waals surface area (Å²) in [4.78, 5) is 59.4. The van der Waals surface area contributed by atoms with E-state index in [4.69, 9.17) is 5.11 Å². The van der Waals surface area contributed by atoms with Crippen molar-refractivity contribution in [1.82, 2.24) is 10.2 Å². The maximum atomic E-state index is 12.1. The highest BCUT2D eigenvalue weighted by Gasteiger charge is 2.13. The molecule has 2 amide bonds. The van der Waals surface area contributed by atoms with Crippen LogP contribution < -0.4 is 10.6 Å². The molecule has 0 aromatic heterocycles. The van der Waals surface area contributed by atoms with Crippen LogP contribution in [0, 0.1) is 0 Å². The molecule has 1 aromatic rings. The van der Waals surface area contributed by atoms with E-state index in [2.05, 4.69) is 10.6 Å². The molecule has 170 valence electrons. The Kier molecular flexibility index (Phi) is 10.9. The van der Waals surface area contributed by atoms with Crippen LogP contribution in [0.3, 0.4) is 0 Å². The number of hydrogen-bond donors (Lipinski definition) is 3. The summed E-state index contributed by atoms with van der Waals surface area (Å²) in [5.74, 6) is -1.96. The number of benzene rings is 1. The molecule has 0 aliphatic rings. The van der Waals surface area contributed by atoms with Crippen LogP contribution in [0.2, 0.25) is 0 Å². The van der Waals surface area contributed by atoms with Gasteiger partial charge in [0, 0.05) is 43.2 Å². The summed E-state index contributed by atoms with van der Waals surface area (Å²) in [6.45, 7) is 3.37. The smallest absolute Gasteiger partial charge is 0.322 e. The molecule has 0 heterocycles. The van der Waals surface area contributed by atoms with E-state index in [-0.39, 0.29) is 29.6 Å². The lowest BCUT2D eigenvalue weighted by atomic mass is 10.1. The van der Waals surface area contributed by atoms with Crippen molar-refractivity contribution in [3.63, 3.8) is 0 Å². The topological polar surface area (TPSA) is 133 Å². The van der Waals surface area contributed by atoms with Crippen LogP contribution in [0.4, 0.5) is 5.69 Å². The second-order valence-electron chi connectivity index (χ2n) is 7.31. The molecule has 0 aliphatic carbocycles. The van der Waals surface area contributed by atoms with Crippen molar-refractivity contribution in [1.29, 1.82) is 0 Å². The maximum absolute atomic E-state index is 12.1. The van der Waals surface area contributed by atoms with E-state index in [1.807, 2.05) is 0 Å². The minimum Gasteiger partial charge on any atom is -0.480 e. The normalized spacial score (nSPS) is 10.3. The molecule has 3 N–H and O–H groups in total. The van der Waals surface area contributed by atoms with Gasteiger partial charge in [-0.2, -0.15) is 0 Å². The number of hydrogen-bond acceptors (Lipinski definition) is 6. The van der Waals surface area contributed by atoms with Crippen molar-refractivity contribution < 1.29 is 29.1 Å². The van der Waals surface area contributed by atoms with Gasteiger partial charge < -0.3 is 20.6 Å². The van der Waals surface area contributed by atoms with E-state index < -0.39 is 18.4 Å². The molecule has 0 saturated heterocycles. The van der Waals surface area contributed by atoms with Gasteiger partial charge in [0.05, 0.1) is 6.54 Å². The number of nitrogens with zero attached hydrogens (tertiary/aromatic N) is 1. The number of Topliss-reactive ketones (excluding diaryl/α,β-unsaturated/α-hetero) is 2. The van der Waals surface area contributed by atoms with Crippen molar-refractivity contribution in [2.45, 2.75) is 46.0 Å². The fraction of sp³-hybridized carbons (Fsp3) is 0.500. The average molecular weight is 434 g/mol. The molecule has 0 unspecified atom stereocenters. The predicted octanol–water partition coefficient (Wildman–Crippen LogP) is 2.11. The first-order chi connectivity index (χ1) is 14.6. The van der Waals surface area contributed by atoms with Crippen LogP contribution in [-0.4, -0.2) is 66.0 Å². The van der Waals surface area contributed by atoms with Crippen molar-refractivity contribution in [3.05, 3.63) is 29.3 Å². The number of unbranched alkanes of at least 4 members (excludes halogenated alkanes) is 2. The Hall–Kier alpha value is -3.23. The van der Waals surface area contributed by atoms with Crippen LogP contribution >= 0.6 is 0 Å². The maximum Gasteiger partial charge on any atom is 0.322 e. The molecule has 1 aromatic carbocycles. The molecule has 0 atom stereocenters. The Balaban J connectivity index is 2.51. The highest BCUT2D eigenvalue weighted by atomic mass is 16.4. The Labute approximate surface area is 182 Å². The second-order valence-corrected chi connectivity index (χ2v) is 7.31. The molecule has 9 heteroatoms. The summed E-state index contributed by atoms with van der Waals surface area (Å²) in [5, 5.41) is 14.1. The third-order valence-corrected chi connectivity index (χ3v) is 4.63. The minimum absolute atomic E-state index is 0.0313. The van der Waals surface area contributed by atoms with Gasteiger partial charge in [-0.1, -0.05) is 13.3 Å². The van der Waals surface area contributed by atoms with Crippen LogP contribution in [0.25, 0.3) is 0 Å².